The van der Waals surface area contributed by atoms with Crippen LogP contribution in [0.4, 0.5) is 5.69 Å². The second-order valence-electron chi connectivity index (χ2n) is 3.00. The van der Waals surface area contributed by atoms with Gasteiger partial charge in [-0.15, -0.1) is 0 Å². The van der Waals surface area contributed by atoms with Crippen molar-refractivity contribution in [1.29, 1.82) is 0 Å². The lowest BCUT2D eigenvalue weighted by molar-refractivity contribution is 1.26. The predicted molar refractivity (Wildman–Crippen MR) is 53.2 cm³/mol. The van der Waals surface area contributed by atoms with E-state index in [2.05, 4.69) is 9.97 Å². The minimum atomic E-state index is 0.747. The average molecular weight is 173 g/mol. The van der Waals surface area contributed by atoms with Crippen molar-refractivity contribution < 1.29 is 0 Å². The van der Waals surface area contributed by atoms with Crippen LogP contribution in [0.5, 0.6) is 0 Å². The Morgan fingerprint density at radius 3 is 2.69 bits per heavy atom. The number of benzene rings is 1. The minimum absolute atomic E-state index is 0.747. The van der Waals surface area contributed by atoms with Crippen LogP contribution in [0.15, 0.2) is 30.5 Å². The Bertz CT molecular complexity index is 418. The molecule has 1 heterocycles. The smallest absolute Gasteiger partial charge is 0.139 e. The number of aromatic nitrogens is 2. The van der Waals surface area contributed by atoms with Crippen LogP contribution >= 0.6 is 0 Å². The van der Waals surface area contributed by atoms with E-state index in [1.54, 1.807) is 6.20 Å². The van der Waals surface area contributed by atoms with Crippen molar-refractivity contribution in [3.63, 3.8) is 0 Å². The Kier molecular flexibility index (Phi) is 1.77. The number of nitrogens with zero attached hydrogens (tertiary/aromatic N) is 1. The number of nitrogen functional groups attached to an aromatic ring is 1. The van der Waals surface area contributed by atoms with Crippen LogP contribution in [0, 0.1) is 6.92 Å². The standard InChI is InChI=1S/C10H11N3/c1-7-6-12-10(13-7)8-4-2-3-5-9(8)11/h2-6H,11H2,1H3,(H,12,13). The molecular weight excluding hydrogens is 162 g/mol. The SMILES string of the molecule is Cc1cnc(-c2ccccc2N)[nH]1. The molecule has 0 amide bonds. The first-order valence-corrected chi connectivity index (χ1v) is 4.14. The second-order valence-corrected chi connectivity index (χ2v) is 3.00. The van der Waals surface area contributed by atoms with Crippen LogP contribution in [0.1, 0.15) is 5.69 Å². The summed E-state index contributed by atoms with van der Waals surface area (Å²) in [5, 5.41) is 0. The van der Waals surface area contributed by atoms with Crippen molar-refractivity contribution in [1.82, 2.24) is 9.97 Å². The third kappa shape index (κ3) is 1.40. The molecule has 0 bridgehead atoms. The van der Waals surface area contributed by atoms with Crippen molar-refractivity contribution >= 4 is 5.69 Å². The molecule has 0 saturated carbocycles. The zero-order chi connectivity index (χ0) is 9.26. The molecule has 1 aromatic heterocycles. The van der Waals surface area contributed by atoms with Gasteiger partial charge in [0.2, 0.25) is 0 Å². The van der Waals surface area contributed by atoms with Crippen LogP contribution in [0.3, 0.4) is 0 Å². The number of aromatic amines is 1. The van der Waals surface area contributed by atoms with E-state index in [1.807, 2.05) is 31.2 Å². The quantitative estimate of drug-likeness (QED) is 0.648. The molecule has 0 spiro atoms. The lowest BCUT2D eigenvalue weighted by Gasteiger charge is -2.00. The van der Waals surface area contributed by atoms with E-state index in [4.69, 9.17) is 5.73 Å². The molecule has 0 unspecified atom stereocenters. The minimum Gasteiger partial charge on any atom is -0.398 e. The maximum atomic E-state index is 5.80. The van der Waals surface area contributed by atoms with E-state index in [9.17, 15) is 0 Å². The Morgan fingerprint density at radius 1 is 1.31 bits per heavy atom. The number of para-hydroxylation sites is 1. The van der Waals surface area contributed by atoms with Crippen molar-refractivity contribution in [3.8, 4) is 11.4 Å². The summed E-state index contributed by atoms with van der Waals surface area (Å²) in [7, 11) is 0. The molecule has 1 aromatic carbocycles. The highest BCUT2D eigenvalue weighted by Gasteiger charge is 2.03. The maximum absolute atomic E-state index is 5.80. The van der Waals surface area contributed by atoms with Gasteiger partial charge in [-0.3, -0.25) is 0 Å². The number of hydrogen-bond acceptors (Lipinski definition) is 2. The van der Waals surface area contributed by atoms with Gasteiger partial charge in [-0.1, -0.05) is 12.1 Å². The number of aryl methyl sites for hydroxylation is 1. The number of hydrogen-bond donors (Lipinski definition) is 2. The fourth-order valence-corrected chi connectivity index (χ4v) is 1.26. The maximum Gasteiger partial charge on any atom is 0.139 e. The summed E-state index contributed by atoms with van der Waals surface area (Å²) in [6.07, 6.45) is 1.79. The molecule has 0 aliphatic carbocycles. The highest BCUT2D eigenvalue weighted by molar-refractivity contribution is 5.71. The van der Waals surface area contributed by atoms with Gasteiger partial charge in [-0.25, -0.2) is 4.98 Å². The highest BCUT2D eigenvalue weighted by Crippen LogP contribution is 2.21. The summed E-state index contributed by atoms with van der Waals surface area (Å²) < 4.78 is 0. The van der Waals surface area contributed by atoms with Crippen LogP contribution in [-0.4, -0.2) is 9.97 Å². The zero-order valence-corrected chi connectivity index (χ0v) is 7.41. The largest absolute Gasteiger partial charge is 0.398 e. The normalized spacial score (nSPS) is 10.2. The monoisotopic (exact) mass is 173 g/mol. The van der Waals surface area contributed by atoms with Gasteiger partial charge >= 0.3 is 0 Å². The molecule has 0 saturated heterocycles. The van der Waals surface area contributed by atoms with Gasteiger partial charge in [-0.05, 0) is 19.1 Å². The van der Waals surface area contributed by atoms with E-state index in [0.717, 1.165) is 22.8 Å². The summed E-state index contributed by atoms with van der Waals surface area (Å²) in [6, 6.07) is 7.68. The number of H-pyrrole nitrogens is 1. The van der Waals surface area contributed by atoms with Gasteiger partial charge in [0.15, 0.2) is 0 Å². The fourth-order valence-electron chi connectivity index (χ4n) is 1.26. The Morgan fingerprint density at radius 2 is 2.08 bits per heavy atom. The zero-order valence-electron chi connectivity index (χ0n) is 7.41. The first-order chi connectivity index (χ1) is 6.27. The molecule has 3 nitrogen and oxygen atoms in total. The molecule has 3 N–H and O–H groups in total. The number of nitrogens with two attached hydrogens (primary N) is 1. The lowest BCUT2D eigenvalue weighted by Crippen LogP contribution is -1.90. The van der Waals surface area contributed by atoms with E-state index in [-0.39, 0.29) is 0 Å². The van der Waals surface area contributed by atoms with Crippen molar-refractivity contribution in [3.05, 3.63) is 36.2 Å². The molecule has 0 atom stereocenters. The van der Waals surface area contributed by atoms with Gasteiger partial charge in [0.25, 0.3) is 0 Å². The second kappa shape index (κ2) is 2.94. The Labute approximate surface area is 76.6 Å². The van der Waals surface area contributed by atoms with Gasteiger partial charge in [-0.2, -0.15) is 0 Å². The molecule has 66 valence electrons. The Hall–Kier alpha value is -1.77. The molecule has 0 fully saturated rings. The van der Waals surface area contributed by atoms with Gasteiger partial charge in [0, 0.05) is 23.1 Å². The average Bonchev–Trinajstić information content (AvgIpc) is 2.53. The molecular formula is C10H11N3. The van der Waals surface area contributed by atoms with Crippen LogP contribution < -0.4 is 5.73 Å². The number of anilines is 1. The first kappa shape index (κ1) is 7.86. The fraction of sp³-hybridized carbons (Fsp3) is 0.100. The molecule has 0 aliphatic rings. The van der Waals surface area contributed by atoms with Crippen molar-refractivity contribution in [2.24, 2.45) is 0 Å². The van der Waals surface area contributed by atoms with E-state index >= 15 is 0 Å². The topological polar surface area (TPSA) is 54.7 Å². The van der Waals surface area contributed by atoms with Gasteiger partial charge in [0.1, 0.15) is 5.82 Å². The Balaban J connectivity index is 2.52. The third-order valence-electron chi connectivity index (χ3n) is 1.92. The number of nitrogens with one attached hydrogen (secondary N) is 1. The lowest BCUT2D eigenvalue weighted by atomic mass is 10.2. The van der Waals surface area contributed by atoms with Gasteiger partial charge in [0.05, 0.1) is 0 Å². The molecule has 0 radical (unpaired) electrons. The number of rotatable bonds is 1. The highest BCUT2D eigenvalue weighted by atomic mass is 14.9. The summed E-state index contributed by atoms with van der Waals surface area (Å²) in [6.45, 7) is 1.97. The summed E-state index contributed by atoms with van der Waals surface area (Å²) >= 11 is 0. The molecule has 13 heavy (non-hydrogen) atoms. The van der Waals surface area contributed by atoms with Crippen LogP contribution in [0.25, 0.3) is 11.4 Å². The number of imidazole rings is 1. The van der Waals surface area contributed by atoms with E-state index < -0.39 is 0 Å². The molecule has 2 aromatic rings. The van der Waals surface area contributed by atoms with Crippen molar-refractivity contribution in [2.75, 3.05) is 5.73 Å². The van der Waals surface area contributed by atoms with E-state index in [1.165, 1.54) is 0 Å². The summed E-state index contributed by atoms with van der Waals surface area (Å²) in [5.41, 5.74) is 8.54. The van der Waals surface area contributed by atoms with Crippen molar-refractivity contribution in [2.45, 2.75) is 6.92 Å². The van der Waals surface area contributed by atoms with Crippen LogP contribution in [-0.2, 0) is 0 Å². The molecule has 3 heteroatoms. The summed E-state index contributed by atoms with van der Waals surface area (Å²) in [5.74, 6) is 0.829. The van der Waals surface area contributed by atoms with Gasteiger partial charge < -0.3 is 10.7 Å². The molecule has 2 rings (SSSR count). The third-order valence-corrected chi connectivity index (χ3v) is 1.92. The van der Waals surface area contributed by atoms with E-state index in [0.29, 0.717) is 0 Å². The summed E-state index contributed by atoms with van der Waals surface area (Å²) in [4.78, 5) is 7.35. The first-order valence-electron chi connectivity index (χ1n) is 4.14. The van der Waals surface area contributed by atoms with Crippen LogP contribution in [0.2, 0.25) is 0 Å². The predicted octanol–water partition coefficient (Wildman–Crippen LogP) is 1.97. The molecule has 0 aliphatic heterocycles.